The van der Waals surface area contributed by atoms with Crippen molar-refractivity contribution in [2.75, 3.05) is 38.5 Å². The molecule has 2 aliphatic rings. The first-order valence-corrected chi connectivity index (χ1v) is 12.7. The number of nitrogen functional groups attached to an aromatic ring is 1. The Morgan fingerprint density at radius 3 is 2.44 bits per heavy atom. The lowest BCUT2D eigenvalue weighted by atomic mass is 9.93. The number of anilines is 1. The fourth-order valence-electron chi connectivity index (χ4n) is 5.35. The standard InChI is InChI=1S/C27H31N7O2/c28-25-24-26(31-18-30-25)34(21-16-32(17-21)15-12-19-10-13-29-14-11-19)27(35)33(24)20-6-8-23(9-7-20)36-22-4-2-1-3-5-22/h1-9,18-19,21,29H,10-17H2,(H2,28,30,31). The summed E-state index contributed by atoms with van der Waals surface area (Å²) in [6, 6.07) is 17.1. The number of nitrogens with one attached hydrogen (secondary N) is 1. The quantitative estimate of drug-likeness (QED) is 0.414. The molecule has 0 radical (unpaired) electrons. The number of rotatable bonds is 7. The third-order valence-electron chi connectivity index (χ3n) is 7.37. The van der Waals surface area contributed by atoms with Crippen LogP contribution in [0.5, 0.6) is 11.5 Å². The van der Waals surface area contributed by atoms with Crippen LogP contribution in [0.1, 0.15) is 25.3 Å². The highest BCUT2D eigenvalue weighted by atomic mass is 16.5. The number of hydrogen-bond acceptors (Lipinski definition) is 7. The average Bonchev–Trinajstić information content (AvgIpc) is 3.18. The molecule has 0 spiro atoms. The Morgan fingerprint density at radius 1 is 0.972 bits per heavy atom. The molecule has 2 saturated heterocycles. The minimum Gasteiger partial charge on any atom is -0.457 e. The van der Waals surface area contributed by atoms with Crippen LogP contribution in [0.3, 0.4) is 0 Å². The Morgan fingerprint density at radius 2 is 1.69 bits per heavy atom. The second-order valence-corrected chi connectivity index (χ2v) is 9.72. The molecule has 36 heavy (non-hydrogen) atoms. The van der Waals surface area contributed by atoms with Gasteiger partial charge in [-0.3, -0.25) is 14.0 Å². The first-order chi connectivity index (χ1) is 17.7. The molecule has 0 unspecified atom stereocenters. The molecule has 0 saturated carbocycles. The van der Waals surface area contributed by atoms with E-state index in [9.17, 15) is 4.79 Å². The zero-order valence-electron chi connectivity index (χ0n) is 20.2. The molecular formula is C27H31N7O2. The van der Waals surface area contributed by atoms with E-state index in [-0.39, 0.29) is 11.7 Å². The predicted octanol–water partition coefficient (Wildman–Crippen LogP) is 3.20. The van der Waals surface area contributed by atoms with Crippen molar-refractivity contribution >= 4 is 17.0 Å². The second-order valence-electron chi connectivity index (χ2n) is 9.72. The number of piperidine rings is 1. The number of likely N-dealkylation sites (tertiary alicyclic amines) is 1. The van der Waals surface area contributed by atoms with Crippen LogP contribution in [0.4, 0.5) is 5.82 Å². The largest absolute Gasteiger partial charge is 0.457 e. The van der Waals surface area contributed by atoms with Crippen molar-refractivity contribution in [3.05, 3.63) is 71.4 Å². The van der Waals surface area contributed by atoms with E-state index in [1.54, 1.807) is 9.13 Å². The molecule has 2 fully saturated rings. The molecular weight excluding hydrogens is 454 g/mol. The SMILES string of the molecule is Nc1ncnc2c1n(-c1ccc(Oc3ccccc3)cc1)c(=O)n2C1CN(CCC2CCNCC2)C1. The van der Waals surface area contributed by atoms with Crippen molar-refractivity contribution in [3.8, 4) is 17.2 Å². The topological polar surface area (TPSA) is 103 Å². The van der Waals surface area contributed by atoms with Gasteiger partial charge in [0.15, 0.2) is 11.5 Å². The van der Waals surface area contributed by atoms with Crippen molar-refractivity contribution in [2.24, 2.45) is 5.92 Å². The lowest BCUT2D eigenvalue weighted by Crippen LogP contribution is -2.50. The molecule has 4 heterocycles. The molecule has 2 aliphatic heterocycles. The highest BCUT2D eigenvalue weighted by Gasteiger charge is 2.33. The highest BCUT2D eigenvalue weighted by Crippen LogP contribution is 2.29. The van der Waals surface area contributed by atoms with Gasteiger partial charge in [0.1, 0.15) is 23.3 Å². The van der Waals surface area contributed by atoms with Crippen LogP contribution >= 0.6 is 0 Å². The first-order valence-electron chi connectivity index (χ1n) is 12.7. The Hall–Kier alpha value is -3.69. The van der Waals surface area contributed by atoms with E-state index >= 15 is 0 Å². The fourth-order valence-corrected chi connectivity index (χ4v) is 5.35. The lowest BCUT2D eigenvalue weighted by molar-refractivity contribution is 0.0967. The van der Waals surface area contributed by atoms with Crippen LogP contribution in [-0.2, 0) is 0 Å². The zero-order valence-corrected chi connectivity index (χ0v) is 20.2. The van der Waals surface area contributed by atoms with Crippen LogP contribution in [0.15, 0.2) is 65.7 Å². The van der Waals surface area contributed by atoms with Crippen LogP contribution in [0.25, 0.3) is 16.9 Å². The first kappa shape index (κ1) is 22.8. The number of imidazole rings is 1. The summed E-state index contributed by atoms with van der Waals surface area (Å²) in [5, 5.41) is 3.43. The van der Waals surface area contributed by atoms with Gasteiger partial charge in [-0.25, -0.2) is 14.8 Å². The second kappa shape index (κ2) is 9.75. The number of ether oxygens (including phenoxy) is 1. The molecule has 186 valence electrons. The monoisotopic (exact) mass is 485 g/mol. The van der Waals surface area contributed by atoms with Gasteiger partial charge in [0, 0.05) is 13.1 Å². The summed E-state index contributed by atoms with van der Waals surface area (Å²) in [5.74, 6) is 2.54. The van der Waals surface area contributed by atoms with Gasteiger partial charge in [-0.2, -0.15) is 0 Å². The molecule has 4 aromatic rings. The Labute approximate surface area is 209 Å². The van der Waals surface area contributed by atoms with Gasteiger partial charge < -0.3 is 15.8 Å². The minimum absolute atomic E-state index is 0.0734. The molecule has 0 aliphatic carbocycles. The summed E-state index contributed by atoms with van der Waals surface area (Å²) in [4.78, 5) is 24.8. The fraction of sp³-hybridized carbons (Fsp3) is 0.370. The van der Waals surface area contributed by atoms with Gasteiger partial charge in [0.05, 0.1) is 11.7 Å². The molecule has 9 nitrogen and oxygen atoms in total. The van der Waals surface area contributed by atoms with E-state index in [0.29, 0.717) is 28.4 Å². The van der Waals surface area contributed by atoms with E-state index in [1.807, 2.05) is 54.6 Å². The minimum atomic E-state index is -0.142. The Balaban J connectivity index is 1.24. The number of nitrogens with two attached hydrogens (primary N) is 1. The number of nitrogens with zero attached hydrogens (tertiary/aromatic N) is 5. The number of para-hydroxylation sites is 1. The maximum atomic E-state index is 13.7. The van der Waals surface area contributed by atoms with E-state index in [2.05, 4.69) is 20.2 Å². The summed E-state index contributed by atoms with van der Waals surface area (Å²) in [6.07, 6.45) is 5.17. The van der Waals surface area contributed by atoms with Crippen molar-refractivity contribution in [2.45, 2.75) is 25.3 Å². The van der Waals surface area contributed by atoms with Crippen LogP contribution in [-0.4, -0.2) is 56.7 Å². The van der Waals surface area contributed by atoms with Gasteiger partial charge in [0.25, 0.3) is 0 Å². The Bertz CT molecular complexity index is 1390. The van der Waals surface area contributed by atoms with Gasteiger partial charge in [-0.15, -0.1) is 0 Å². The highest BCUT2D eigenvalue weighted by molar-refractivity contribution is 5.84. The Kier molecular flexibility index (Phi) is 6.16. The number of aromatic nitrogens is 4. The third-order valence-corrected chi connectivity index (χ3v) is 7.37. The lowest BCUT2D eigenvalue weighted by Gasteiger charge is -2.40. The molecule has 2 aromatic heterocycles. The number of hydrogen-bond donors (Lipinski definition) is 2. The van der Waals surface area contributed by atoms with Crippen LogP contribution in [0.2, 0.25) is 0 Å². The molecule has 2 aromatic carbocycles. The van der Waals surface area contributed by atoms with Crippen molar-refractivity contribution < 1.29 is 4.74 Å². The van der Waals surface area contributed by atoms with Gasteiger partial charge in [-0.1, -0.05) is 18.2 Å². The maximum Gasteiger partial charge on any atom is 0.335 e. The smallest absolute Gasteiger partial charge is 0.335 e. The third kappa shape index (κ3) is 4.36. The molecule has 6 rings (SSSR count). The maximum absolute atomic E-state index is 13.7. The van der Waals surface area contributed by atoms with E-state index in [4.69, 9.17) is 10.5 Å². The molecule has 0 amide bonds. The van der Waals surface area contributed by atoms with Crippen molar-refractivity contribution in [1.82, 2.24) is 29.3 Å². The van der Waals surface area contributed by atoms with Crippen molar-refractivity contribution in [3.63, 3.8) is 0 Å². The summed E-state index contributed by atoms with van der Waals surface area (Å²) in [7, 11) is 0. The van der Waals surface area contributed by atoms with Crippen molar-refractivity contribution in [1.29, 1.82) is 0 Å². The zero-order chi connectivity index (χ0) is 24.5. The van der Waals surface area contributed by atoms with E-state index < -0.39 is 0 Å². The van der Waals surface area contributed by atoms with Gasteiger partial charge >= 0.3 is 5.69 Å². The molecule has 0 bridgehead atoms. The summed E-state index contributed by atoms with van der Waals surface area (Å²) >= 11 is 0. The van der Waals surface area contributed by atoms with Gasteiger partial charge in [-0.05, 0) is 81.2 Å². The molecule has 9 heteroatoms. The van der Waals surface area contributed by atoms with Crippen LogP contribution < -0.4 is 21.5 Å². The molecule has 0 atom stereocenters. The van der Waals surface area contributed by atoms with Crippen LogP contribution in [0, 0.1) is 5.92 Å². The summed E-state index contributed by atoms with van der Waals surface area (Å²) in [5.41, 5.74) is 7.95. The van der Waals surface area contributed by atoms with Gasteiger partial charge in [0.2, 0.25) is 0 Å². The molecule has 3 N–H and O–H groups in total. The average molecular weight is 486 g/mol. The summed E-state index contributed by atoms with van der Waals surface area (Å²) in [6.45, 7) is 5.02. The van der Waals surface area contributed by atoms with E-state index in [1.165, 1.54) is 25.6 Å². The predicted molar refractivity (Wildman–Crippen MR) is 140 cm³/mol. The number of fused-ring (bicyclic) bond motifs is 1. The number of benzene rings is 2. The summed E-state index contributed by atoms with van der Waals surface area (Å²) < 4.78 is 9.32. The van der Waals surface area contributed by atoms with E-state index in [0.717, 1.165) is 44.4 Å². The normalized spacial score (nSPS) is 17.3.